The lowest BCUT2D eigenvalue weighted by atomic mass is 10.0. The summed E-state index contributed by atoms with van der Waals surface area (Å²) in [6, 6.07) is 4.04. The van der Waals surface area contributed by atoms with Crippen molar-refractivity contribution < 1.29 is 14.0 Å². The largest absolute Gasteiger partial charge is 0.336 e. The second kappa shape index (κ2) is 6.02. The van der Waals surface area contributed by atoms with Crippen molar-refractivity contribution in [2.24, 2.45) is 0 Å². The van der Waals surface area contributed by atoms with Gasteiger partial charge in [0.15, 0.2) is 0 Å². The van der Waals surface area contributed by atoms with Gasteiger partial charge < -0.3 is 10.2 Å². The molecule has 0 atom stereocenters. The molecule has 2 aliphatic rings. The lowest BCUT2D eigenvalue weighted by Gasteiger charge is -2.29. The van der Waals surface area contributed by atoms with E-state index in [4.69, 9.17) is 0 Å². The Balaban J connectivity index is 1.87. The quantitative estimate of drug-likeness (QED) is 0.852. The summed E-state index contributed by atoms with van der Waals surface area (Å²) in [5.74, 6) is -0.877. The maximum absolute atomic E-state index is 14.2. The van der Waals surface area contributed by atoms with Gasteiger partial charge in [0.1, 0.15) is 5.82 Å². The zero-order chi connectivity index (χ0) is 16.6. The monoisotopic (exact) mass is 317 g/mol. The minimum atomic E-state index is -0.553. The normalized spacial score (nSPS) is 18.5. The third-order valence-corrected chi connectivity index (χ3v) is 4.55. The maximum Gasteiger partial charge on any atom is 0.321 e. The van der Waals surface area contributed by atoms with E-state index in [0.29, 0.717) is 31.9 Å². The Labute approximate surface area is 134 Å². The lowest BCUT2D eigenvalue weighted by molar-refractivity contribution is 0.0759. The molecule has 0 unspecified atom stereocenters. The molecule has 1 N–H and O–H groups in total. The summed E-state index contributed by atoms with van der Waals surface area (Å²) in [6.45, 7) is 6.24. The maximum atomic E-state index is 14.2. The number of halogens is 1. The van der Waals surface area contributed by atoms with Crippen LogP contribution in [0.5, 0.6) is 0 Å². The fourth-order valence-corrected chi connectivity index (χ4v) is 2.92. The van der Waals surface area contributed by atoms with E-state index in [9.17, 15) is 14.0 Å². The summed E-state index contributed by atoms with van der Waals surface area (Å²) in [7, 11) is 0. The predicted molar refractivity (Wildman–Crippen MR) is 86.0 cm³/mol. The van der Waals surface area contributed by atoms with E-state index in [-0.39, 0.29) is 17.5 Å². The summed E-state index contributed by atoms with van der Waals surface area (Å²) in [5.41, 5.74) is 3.01. The predicted octanol–water partition coefficient (Wildman–Crippen LogP) is 2.54. The van der Waals surface area contributed by atoms with Crippen LogP contribution >= 0.6 is 0 Å². The van der Waals surface area contributed by atoms with Crippen LogP contribution in [0.2, 0.25) is 0 Å². The molecule has 1 saturated heterocycles. The zero-order valence-corrected chi connectivity index (χ0v) is 13.4. The first-order valence-electron chi connectivity index (χ1n) is 7.77. The summed E-state index contributed by atoms with van der Waals surface area (Å²) in [6.07, 6.45) is 0.813. The molecular weight excluding hydrogens is 297 g/mol. The van der Waals surface area contributed by atoms with Gasteiger partial charge in [0, 0.05) is 31.9 Å². The third kappa shape index (κ3) is 2.93. The first-order valence-corrected chi connectivity index (χ1v) is 7.77. The van der Waals surface area contributed by atoms with Gasteiger partial charge in [0.2, 0.25) is 0 Å². The second-order valence-corrected chi connectivity index (χ2v) is 6.09. The molecule has 5 nitrogen and oxygen atoms in total. The van der Waals surface area contributed by atoms with Crippen LogP contribution < -0.4 is 10.2 Å². The number of carbonyl (C=O) groups is 2. The third-order valence-electron chi connectivity index (χ3n) is 4.55. The number of rotatable bonds is 2. The number of benzene rings is 1. The molecule has 6 heteroatoms. The molecule has 1 aromatic rings. The molecule has 0 spiro atoms. The highest BCUT2D eigenvalue weighted by Gasteiger charge is 2.26. The Morgan fingerprint density at radius 1 is 1.22 bits per heavy atom. The average Bonchev–Trinajstić information content (AvgIpc) is 2.96. The van der Waals surface area contributed by atoms with Crippen molar-refractivity contribution in [2.75, 3.05) is 31.1 Å². The lowest BCUT2D eigenvalue weighted by Crippen LogP contribution is -2.37. The van der Waals surface area contributed by atoms with Crippen LogP contribution in [0.15, 0.2) is 29.3 Å². The molecule has 122 valence electrons. The average molecular weight is 317 g/mol. The molecule has 0 bridgehead atoms. The number of anilines is 1. The molecular formula is C17H20FN3O2. The summed E-state index contributed by atoms with van der Waals surface area (Å²) in [5, 5.41) is 2.70. The zero-order valence-electron chi connectivity index (χ0n) is 13.4. The highest BCUT2D eigenvalue weighted by Crippen LogP contribution is 2.24. The van der Waals surface area contributed by atoms with Crippen molar-refractivity contribution in [3.8, 4) is 0 Å². The Morgan fingerprint density at radius 3 is 2.65 bits per heavy atom. The van der Waals surface area contributed by atoms with Crippen molar-refractivity contribution in [3.05, 3.63) is 40.7 Å². The van der Waals surface area contributed by atoms with Gasteiger partial charge in [-0.2, -0.15) is 0 Å². The number of carbonyl (C=O) groups excluding carboxylic acids is 2. The van der Waals surface area contributed by atoms with Crippen molar-refractivity contribution in [2.45, 2.75) is 20.3 Å². The van der Waals surface area contributed by atoms with Crippen molar-refractivity contribution in [3.63, 3.8) is 0 Å². The van der Waals surface area contributed by atoms with Crippen LogP contribution in [0.4, 0.5) is 14.9 Å². The first kappa shape index (κ1) is 15.5. The van der Waals surface area contributed by atoms with Gasteiger partial charge in [-0.3, -0.25) is 9.69 Å². The first-order chi connectivity index (χ1) is 11.0. The highest BCUT2D eigenvalue weighted by atomic mass is 19.1. The minimum Gasteiger partial charge on any atom is -0.336 e. The molecule has 1 aromatic carbocycles. The van der Waals surface area contributed by atoms with E-state index >= 15 is 0 Å². The SMILES string of the molecule is CC1=C(C)CN(C(=O)c2cc(N3CCNC3=O)ccc2F)CC1. The molecule has 3 rings (SSSR count). The molecule has 23 heavy (non-hydrogen) atoms. The van der Waals surface area contributed by atoms with Crippen LogP contribution in [0.3, 0.4) is 0 Å². The number of hydrogen-bond donors (Lipinski definition) is 1. The fraction of sp³-hybridized carbons (Fsp3) is 0.412. The van der Waals surface area contributed by atoms with E-state index in [1.165, 1.54) is 28.7 Å². The van der Waals surface area contributed by atoms with E-state index in [2.05, 4.69) is 12.2 Å². The van der Waals surface area contributed by atoms with E-state index in [1.54, 1.807) is 4.90 Å². The smallest absolute Gasteiger partial charge is 0.321 e. The van der Waals surface area contributed by atoms with Crippen LogP contribution in [-0.2, 0) is 0 Å². The number of urea groups is 1. The van der Waals surface area contributed by atoms with Crippen LogP contribution in [0.1, 0.15) is 30.6 Å². The highest BCUT2D eigenvalue weighted by molar-refractivity contribution is 5.98. The number of nitrogens with zero attached hydrogens (tertiary/aromatic N) is 2. The second-order valence-electron chi connectivity index (χ2n) is 6.09. The van der Waals surface area contributed by atoms with E-state index in [0.717, 1.165) is 12.0 Å². The summed E-state index contributed by atoms with van der Waals surface area (Å²) >= 11 is 0. The fourth-order valence-electron chi connectivity index (χ4n) is 2.92. The van der Waals surface area contributed by atoms with Gasteiger partial charge in [0.05, 0.1) is 5.56 Å². The van der Waals surface area contributed by atoms with Crippen molar-refractivity contribution >= 4 is 17.6 Å². The van der Waals surface area contributed by atoms with Crippen LogP contribution in [0.25, 0.3) is 0 Å². The van der Waals surface area contributed by atoms with Gasteiger partial charge >= 0.3 is 6.03 Å². The molecule has 2 aliphatic heterocycles. The Kier molecular flexibility index (Phi) is 4.07. The Bertz CT molecular complexity index is 699. The summed E-state index contributed by atoms with van der Waals surface area (Å²) in [4.78, 5) is 27.6. The molecule has 0 radical (unpaired) electrons. The topological polar surface area (TPSA) is 52.7 Å². The molecule has 1 fully saturated rings. The van der Waals surface area contributed by atoms with Crippen molar-refractivity contribution in [1.29, 1.82) is 0 Å². The van der Waals surface area contributed by atoms with E-state index < -0.39 is 5.82 Å². The minimum absolute atomic E-state index is 0.0227. The number of hydrogen-bond acceptors (Lipinski definition) is 2. The van der Waals surface area contributed by atoms with Gasteiger partial charge in [-0.05, 0) is 38.5 Å². The Morgan fingerprint density at radius 2 is 2.00 bits per heavy atom. The molecule has 2 heterocycles. The van der Waals surface area contributed by atoms with Crippen molar-refractivity contribution in [1.82, 2.24) is 10.2 Å². The van der Waals surface area contributed by atoms with Gasteiger partial charge in [-0.15, -0.1) is 0 Å². The number of nitrogens with one attached hydrogen (secondary N) is 1. The molecule has 0 aliphatic carbocycles. The van der Waals surface area contributed by atoms with Gasteiger partial charge in [0.25, 0.3) is 5.91 Å². The molecule has 0 aromatic heterocycles. The molecule has 0 saturated carbocycles. The van der Waals surface area contributed by atoms with Crippen LogP contribution in [0, 0.1) is 5.82 Å². The van der Waals surface area contributed by atoms with E-state index in [1.807, 2.05) is 6.92 Å². The number of amides is 3. The van der Waals surface area contributed by atoms with Gasteiger partial charge in [-0.25, -0.2) is 9.18 Å². The summed E-state index contributed by atoms with van der Waals surface area (Å²) < 4.78 is 14.2. The Hall–Kier alpha value is -2.37. The standard InChI is InChI=1S/C17H20FN3O2/c1-11-5-7-20(10-12(11)2)16(22)14-9-13(3-4-15(14)18)21-8-6-19-17(21)23/h3-4,9H,5-8,10H2,1-2H3,(H,19,23). The van der Waals surface area contributed by atoms with Crippen LogP contribution in [-0.4, -0.2) is 43.0 Å². The molecule has 3 amide bonds. The van der Waals surface area contributed by atoms with Gasteiger partial charge in [-0.1, -0.05) is 11.1 Å².